The van der Waals surface area contributed by atoms with Crippen molar-refractivity contribution in [3.05, 3.63) is 65.5 Å². The molecule has 0 saturated carbocycles. The van der Waals surface area contributed by atoms with E-state index < -0.39 is 11.7 Å². The summed E-state index contributed by atoms with van der Waals surface area (Å²) >= 11 is 0. The second kappa shape index (κ2) is 11.8. The molecule has 3 rings (SSSR count). The molecular formula is C24H29F3N4O2. The third-order valence-electron chi connectivity index (χ3n) is 5.74. The quantitative estimate of drug-likeness (QED) is 0.713. The average Bonchev–Trinajstić information content (AvgIpc) is 2.83. The molecule has 1 aliphatic heterocycles. The number of nitrogens with one attached hydrogen (secondary N) is 2. The Hall–Kier alpha value is -2.94. The van der Waals surface area contributed by atoms with E-state index in [-0.39, 0.29) is 24.3 Å². The summed E-state index contributed by atoms with van der Waals surface area (Å²) in [5, 5.41) is 5.64. The molecule has 0 bridgehead atoms. The minimum Gasteiger partial charge on any atom is -0.356 e. The summed E-state index contributed by atoms with van der Waals surface area (Å²) in [5.41, 5.74) is 0.767. The monoisotopic (exact) mass is 462 g/mol. The zero-order valence-corrected chi connectivity index (χ0v) is 18.4. The second-order valence-corrected chi connectivity index (χ2v) is 8.28. The first-order valence-electron chi connectivity index (χ1n) is 11.1. The Morgan fingerprint density at radius 3 is 2.67 bits per heavy atom. The van der Waals surface area contributed by atoms with Gasteiger partial charge in [0.1, 0.15) is 0 Å². The molecule has 2 aromatic rings. The van der Waals surface area contributed by atoms with Crippen molar-refractivity contribution in [3.63, 3.8) is 0 Å². The topological polar surface area (TPSA) is 74.3 Å². The van der Waals surface area contributed by atoms with Crippen LogP contribution in [0.25, 0.3) is 0 Å². The van der Waals surface area contributed by atoms with Crippen molar-refractivity contribution in [3.8, 4) is 0 Å². The number of carbonyl (C=O) groups excluding carboxylic acids is 2. The van der Waals surface area contributed by atoms with Gasteiger partial charge in [0, 0.05) is 50.9 Å². The summed E-state index contributed by atoms with van der Waals surface area (Å²) < 4.78 is 38.8. The molecule has 1 saturated heterocycles. The highest BCUT2D eigenvalue weighted by Crippen LogP contribution is 2.29. The molecule has 2 N–H and O–H groups in total. The zero-order valence-electron chi connectivity index (χ0n) is 18.4. The number of pyridine rings is 1. The molecule has 1 unspecified atom stereocenters. The molecule has 1 aromatic carbocycles. The first kappa shape index (κ1) is 24.7. The van der Waals surface area contributed by atoms with Gasteiger partial charge in [-0.2, -0.15) is 13.2 Å². The van der Waals surface area contributed by atoms with E-state index in [1.54, 1.807) is 18.5 Å². The van der Waals surface area contributed by atoms with Crippen molar-refractivity contribution in [2.24, 2.45) is 5.92 Å². The predicted octanol–water partition coefficient (Wildman–Crippen LogP) is 3.53. The van der Waals surface area contributed by atoms with Crippen LogP contribution in [0.4, 0.5) is 13.2 Å². The third kappa shape index (κ3) is 8.16. The number of alkyl halides is 3. The molecular weight excluding hydrogens is 433 g/mol. The van der Waals surface area contributed by atoms with Crippen LogP contribution in [0.3, 0.4) is 0 Å². The molecule has 33 heavy (non-hydrogen) atoms. The maximum absolute atomic E-state index is 12.9. The standard InChI is InChI=1S/C24H29F3N4O2/c25-24(26,27)21-5-1-3-19(15-21)16-30-23(33)20-4-2-13-31(14-9-22(32)29-12-8-20)17-18-6-10-28-11-7-18/h1,3,5-7,10-11,15,20H,2,4,8-9,12-14,16-17H2,(H,29,32)(H,30,33). The van der Waals surface area contributed by atoms with Gasteiger partial charge in [0.05, 0.1) is 5.56 Å². The van der Waals surface area contributed by atoms with Gasteiger partial charge in [-0.15, -0.1) is 0 Å². The lowest BCUT2D eigenvalue weighted by atomic mass is 9.97. The summed E-state index contributed by atoms with van der Waals surface area (Å²) in [6, 6.07) is 8.84. The van der Waals surface area contributed by atoms with E-state index >= 15 is 0 Å². The highest BCUT2D eigenvalue weighted by atomic mass is 19.4. The van der Waals surface area contributed by atoms with E-state index in [2.05, 4.69) is 20.5 Å². The Morgan fingerprint density at radius 1 is 1.12 bits per heavy atom. The highest BCUT2D eigenvalue weighted by Gasteiger charge is 2.30. The van der Waals surface area contributed by atoms with Crippen LogP contribution in [-0.2, 0) is 28.9 Å². The predicted molar refractivity (Wildman–Crippen MR) is 118 cm³/mol. The van der Waals surface area contributed by atoms with Crippen molar-refractivity contribution < 1.29 is 22.8 Å². The summed E-state index contributed by atoms with van der Waals surface area (Å²) in [5.74, 6) is -0.585. The SMILES string of the molecule is O=C1CCN(Cc2ccncc2)CCCC(C(=O)NCc2cccc(C(F)(F)F)c2)CCN1. The first-order chi connectivity index (χ1) is 15.8. The molecule has 9 heteroatoms. The van der Waals surface area contributed by atoms with E-state index in [4.69, 9.17) is 0 Å². The molecule has 2 amide bonds. The minimum absolute atomic E-state index is 0.0276. The number of nitrogens with zero attached hydrogens (tertiary/aromatic N) is 2. The molecule has 0 radical (unpaired) electrons. The fraction of sp³-hybridized carbons (Fsp3) is 0.458. The lowest BCUT2D eigenvalue weighted by Gasteiger charge is -2.22. The maximum atomic E-state index is 12.9. The van der Waals surface area contributed by atoms with Crippen LogP contribution < -0.4 is 10.6 Å². The van der Waals surface area contributed by atoms with Gasteiger partial charge in [-0.3, -0.25) is 19.5 Å². The Morgan fingerprint density at radius 2 is 1.91 bits per heavy atom. The van der Waals surface area contributed by atoms with Gasteiger partial charge in [0.25, 0.3) is 0 Å². The van der Waals surface area contributed by atoms with Crippen LogP contribution in [0.1, 0.15) is 42.4 Å². The van der Waals surface area contributed by atoms with Gasteiger partial charge in [-0.05, 0) is 61.2 Å². The number of halogens is 3. The van der Waals surface area contributed by atoms with Gasteiger partial charge < -0.3 is 10.6 Å². The fourth-order valence-corrected chi connectivity index (χ4v) is 3.91. The summed E-state index contributed by atoms with van der Waals surface area (Å²) in [4.78, 5) is 31.2. The number of rotatable bonds is 5. The number of aromatic nitrogens is 1. The van der Waals surface area contributed by atoms with Crippen molar-refractivity contribution in [2.75, 3.05) is 19.6 Å². The maximum Gasteiger partial charge on any atom is 0.416 e. The largest absolute Gasteiger partial charge is 0.416 e. The van der Waals surface area contributed by atoms with Crippen LogP contribution in [-0.4, -0.2) is 41.3 Å². The summed E-state index contributed by atoms with van der Waals surface area (Å²) in [7, 11) is 0. The number of hydrogen-bond acceptors (Lipinski definition) is 4. The Balaban J connectivity index is 1.58. The normalized spacial score (nSPS) is 18.8. The van der Waals surface area contributed by atoms with Crippen LogP contribution >= 0.6 is 0 Å². The van der Waals surface area contributed by atoms with Crippen LogP contribution in [0.2, 0.25) is 0 Å². The Labute approximate surface area is 191 Å². The summed E-state index contributed by atoms with van der Waals surface area (Å²) in [6.07, 6.45) is 1.34. The molecule has 1 atom stereocenters. The average molecular weight is 463 g/mol. The van der Waals surface area contributed by atoms with Crippen molar-refractivity contribution in [1.82, 2.24) is 20.5 Å². The number of benzene rings is 1. The first-order valence-corrected chi connectivity index (χ1v) is 11.1. The molecule has 6 nitrogen and oxygen atoms in total. The molecule has 1 fully saturated rings. The molecule has 0 aliphatic carbocycles. The minimum atomic E-state index is -4.42. The van der Waals surface area contributed by atoms with Crippen molar-refractivity contribution in [1.29, 1.82) is 0 Å². The van der Waals surface area contributed by atoms with Gasteiger partial charge in [-0.1, -0.05) is 12.1 Å². The van der Waals surface area contributed by atoms with Crippen LogP contribution in [0, 0.1) is 5.92 Å². The van der Waals surface area contributed by atoms with Crippen molar-refractivity contribution in [2.45, 2.75) is 44.9 Å². The number of hydrogen-bond donors (Lipinski definition) is 2. The lowest BCUT2D eigenvalue weighted by Crippen LogP contribution is -2.33. The number of amides is 2. The van der Waals surface area contributed by atoms with E-state index in [0.717, 1.165) is 30.7 Å². The Kier molecular flexibility index (Phi) is 8.82. The van der Waals surface area contributed by atoms with Crippen molar-refractivity contribution >= 4 is 11.8 Å². The van der Waals surface area contributed by atoms with Gasteiger partial charge in [-0.25, -0.2) is 0 Å². The second-order valence-electron chi connectivity index (χ2n) is 8.28. The highest BCUT2D eigenvalue weighted by molar-refractivity contribution is 5.79. The molecule has 178 valence electrons. The molecule has 2 heterocycles. The zero-order chi connectivity index (χ0) is 23.7. The fourth-order valence-electron chi connectivity index (χ4n) is 3.91. The Bertz CT molecular complexity index is 921. The lowest BCUT2D eigenvalue weighted by molar-refractivity contribution is -0.137. The van der Waals surface area contributed by atoms with E-state index in [1.165, 1.54) is 6.07 Å². The van der Waals surface area contributed by atoms with Gasteiger partial charge >= 0.3 is 6.18 Å². The molecule has 0 spiro atoms. The van der Waals surface area contributed by atoms with E-state index in [9.17, 15) is 22.8 Å². The summed E-state index contributed by atoms with van der Waals surface area (Å²) in [6.45, 7) is 2.49. The van der Waals surface area contributed by atoms with E-state index in [1.807, 2.05) is 12.1 Å². The van der Waals surface area contributed by atoms with Crippen LogP contribution in [0.5, 0.6) is 0 Å². The van der Waals surface area contributed by atoms with Gasteiger partial charge in [0.2, 0.25) is 11.8 Å². The smallest absolute Gasteiger partial charge is 0.356 e. The van der Waals surface area contributed by atoms with Gasteiger partial charge in [0.15, 0.2) is 0 Å². The van der Waals surface area contributed by atoms with E-state index in [0.29, 0.717) is 44.5 Å². The third-order valence-corrected chi connectivity index (χ3v) is 5.74. The van der Waals surface area contributed by atoms with Crippen LogP contribution in [0.15, 0.2) is 48.8 Å². The molecule has 1 aliphatic rings. The number of carbonyl (C=O) groups is 2. The molecule has 1 aromatic heterocycles.